The number of hydrogen-bond donors (Lipinski definition) is 1. The standard InChI is InChI=1S/C23H19BrFNO4S/c1-3-30-23(28)21-18(14-4-8-17(25)9-5-14)13-31-22(21)26-20(27)11-6-15-12-16(24)7-10-19(15)29-2/h4-13H,3H2,1-2H3,(H,26,27)/b11-6+. The summed E-state index contributed by atoms with van der Waals surface area (Å²) in [6, 6.07) is 11.2. The molecule has 0 saturated carbocycles. The molecule has 0 fully saturated rings. The molecule has 1 heterocycles. The Hall–Kier alpha value is -2.97. The number of amides is 1. The molecule has 2 aromatic carbocycles. The lowest BCUT2D eigenvalue weighted by molar-refractivity contribution is -0.111. The van der Waals surface area contributed by atoms with Gasteiger partial charge in [0.1, 0.15) is 22.1 Å². The molecule has 160 valence electrons. The molecular formula is C23H19BrFNO4S. The zero-order chi connectivity index (χ0) is 22.4. The molecule has 1 aromatic heterocycles. The second kappa shape index (κ2) is 10.4. The van der Waals surface area contributed by atoms with Gasteiger partial charge in [-0.05, 0) is 48.9 Å². The lowest BCUT2D eigenvalue weighted by atomic mass is 10.0. The van der Waals surface area contributed by atoms with Crippen molar-refractivity contribution in [3.63, 3.8) is 0 Å². The number of nitrogens with one attached hydrogen (secondary N) is 1. The maximum Gasteiger partial charge on any atom is 0.341 e. The Morgan fingerprint density at radius 3 is 2.61 bits per heavy atom. The van der Waals surface area contributed by atoms with Crippen molar-refractivity contribution in [2.45, 2.75) is 6.92 Å². The molecule has 0 atom stereocenters. The predicted molar refractivity (Wildman–Crippen MR) is 124 cm³/mol. The zero-order valence-corrected chi connectivity index (χ0v) is 19.2. The highest BCUT2D eigenvalue weighted by Gasteiger charge is 2.22. The summed E-state index contributed by atoms with van der Waals surface area (Å²) in [5, 5.41) is 4.83. The number of carbonyl (C=O) groups excluding carboxylic acids is 2. The van der Waals surface area contributed by atoms with Crippen LogP contribution in [0.25, 0.3) is 17.2 Å². The van der Waals surface area contributed by atoms with E-state index in [0.29, 0.717) is 21.9 Å². The van der Waals surface area contributed by atoms with Gasteiger partial charge in [-0.1, -0.05) is 28.1 Å². The SMILES string of the molecule is CCOC(=O)c1c(-c2ccc(F)cc2)csc1NC(=O)/C=C/c1cc(Br)ccc1OC. The molecule has 3 aromatic rings. The first-order chi connectivity index (χ1) is 14.9. The van der Waals surface area contributed by atoms with Gasteiger partial charge in [-0.3, -0.25) is 4.79 Å². The maximum atomic E-state index is 13.3. The smallest absolute Gasteiger partial charge is 0.341 e. The Morgan fingerprint density at radius 2 is 1.94 bits per heavy atom. The number of halogens is 2. The van der Waals surface area contributed by atoms with Gasteiger partial charge in [0.05, 0.1) is 13.7 Å². The minimum atomic E-state index is -0.559. The Balaban J connectivity index is 1.88. The second-order valence-electron chi connectivity index (χ2n) is 6.29. The third-order valence-corrected chi connectivity index (χ3v) is 5.66. The van der Waals surface area contributed by atoms with Crippen molar-refractivity contribution >= 4 is 50.2 Å². The highest BCUT2D eigenvalue weighted by Crippen LogP contribution is 2.36. The number of carbonyl (C=O) groups is 2. The van der Waals surface area contributed by atoms with E-state index < -0.39 is 11.9 Å². The van der Waals surface area contributed by atoms with E-state index in [9.17, 15) is 14.0 Å². The average molecular weight is 504 g/mol. The maximum absolute atomic E-state index is 13.3. The van der Waals surface area contributed by atoms with Crippen LogP contribution < -0.4 is 10.1 Å². The highest BCUT2D eigenvalue weighted by molar-refractivity contribution is 9.10. The van der Waals surface area contributed by atoms with Gasteiger partial charge in [-0.2, -0.15) is 0 Å². The minimum Gasteiger partial charge on any atom is -0.496 e. The summed E-state index contributed by atoms with van der Waals surface area (Å²) < 4.78 is 24.6. The first-order valence-electron chi connectivity index (χ1n) is 9.30. The van der Waals surface area contributed by atoms with Gasteiger partial charge in [0.2, 0.25) is 5.91 Å². The molecular weight excluding hydrogens is 485 g/mol. The van der Waals surface area contributed by atoms with Crippen LogP contribution in [0.5, 0.6) is 5.75 Å². The molecule has 1 amide bonds. The van der Waals surface area contributed by atoms with Gasteiger partial charge in [-0.15, -0.1) is 11.3 Å². The monoisotopic (exact) mass is 503 g/mol. The van der Waals surface area contributed by atoms with Crippen molar-refractivity contribution in [1.82, 2.24) is 0 Å². The van der Waals surface area contributed by atoms with Crippen molar-refractivity contribution in [1.29, 1.82) is 0 Å². The molecule has 0 aliphatic heterocycles. The van der Waals surface area contributed by atoms with Crippen LogP contribution in [0.2, 0.25) is 0 Å². The third-order valence-electron chi connectivity index (χ3n) is 4.27. The molecule has 1 N–H and O–H groups in total. The first kappa shape index (κ1) is 22.7. The van der Waals surface area contributed by atoms with Crippen LogP contribution in [0.1, 0.15) is 22.8 Å². The summed E-state index contributed by atoms with van der Waals surface area (Å²) in [6.07, 6.45) is 2.98. The fourth-order valence-corrected chi connectivity index (χ4v) is 4.19. The van der Waals surface area contributed by atoms with E-state index in [-0.39, 0.29) is 18.0 Å². The molecule has 0 aliphatic rings. The van der Waals surface area contributed by atoms with Crippen LogP contribution in [0.4, 0.5) is 9.39 Å². The number of methoxy groups -OCH3 is 1. The van der Waals surface area contributed by atoms with Gasteiger partial charge >= 0.3 is 5.97 Å². The van der Waals surface area contributed by atoms with Gasteiger partial charge in [0.15, 0.2) is 0 Å². The fraction of sp³-hybridized carbons (Fsp3) is 0.130. The Bertz CT molecular complexity index is 1130. The summed E-state index contributed by atoms with van der Waals surface area (Å²) >= 11 is 4.59. The van der Waals surface area contributed by atoms with Gasteiger partial charge in [0.25, 0.3) is 0 Å². The minimum absolute atomic E-state index is 0.188. The second-order valence-corrected chi connectivity index (χ2v) is 8.09. The highest BCUT2D eigenvalue weighted by atomic mass is 79.9. The summed E-state index contributed by atoms with van der Waals surface area (Å²) in [5.74, 6) is -0.733. The average Bonchev–Trinajstić information content (AvgIpc) is 3.16. The molecule has 5 nitrogen and oxygen atoms in total. The van der Waals surface area contributed by atoms with Gasteiger partial charge < -0.3 is 14.8 Å². The molecule has 0 saturated heterocycles. The number of thiophene rings is 1. The van der Waals surface area contributed by atoms with E-state index in [1.165, 1.54) is 29.5 Å². The number of anilines is 1. The molecule has 8 heteroatoms. The van der Waals surface area contributed by atoms with Crippen molar-refractivity contribution in [2.75, 3.05) is 19.0 Å². The van der Waals surface area contributed by atoms with E-state index in [1.807, 2.05) is 12.1 Å². The zero-order valence-electron chi connectivity index (χ0n) is 16.8. The predicted octanol–water partition coefficient (Wildman–Crippen LogP) is 6.15. The van der Waals surface area contributed by atoms with Crippen LogP contribution in [-0.2, 0) is 9.53 Å². The van der Waals surface area contributed by atoms with E-state index >= 15 is 0 Å². The van der Waals surface area contributed by atoms with E-state index in [0.717, 1.165) is 10.0 Å². The number of ether oxygens (including phenoxy) is 2. The lowest BCUT2D eigenvalue weighted by Gasteiger charge is -2.08. The first-order valence-corrected chi connectivity index (χ1v) is 11.0. The number of rotatable bonds is 7. The largest absolute Gasteiger partial charge is 0.496 e. The summed E-state index contributed by atoms with van der Waals surface area (Å²) in [7, 11) is 1.55. The van der Waals surface area contributed by atoms with Crippen LogP contribution >= 0.6 is 27.3 Å². The number of hydrogen-bond acceptors (Lipinski definition) is 5. The molecule has 0 spiro atoms. The van der Waals surface area contributed by atoms with Gasteiger partial charge in [-0.25, -0.2) is 9.18 Å². The number of esters is 1. The quantitative estimate of drug-likeness (QED) is 0.310. The topological polar surface area (TPSA) is 64.6 Å². The molecule has 0 radical (unpaired) electrons. The lowest BCUT2D eigenvalue weighted by Crippen LogP contribution is -2.12. The Morgan fingerprint density at radius 1 is 1.19 bits per heavy atom. The van der Waals surface area contributed by atoms with E-state index in [2.05, 4.69) is 21.2 Å². The van der Waals surface area contributed by atoms with E-state index in [4.69, 9.17) is 9.47 Å². The van der Waals surface area contributed by atoms with Crippen molar-refractivity contribution in [2.24, 2.45) is 0 Å². The normalized spacial score (nSPS) is 10.8. The number of benzene rings is 2. The molecule has 0 bridgehead atoms. The Labute approximate surface area is 191 Å². The molecule has 0 aliphatic carbocycles. The summed E-state index contributed by atoms with van der Waals surface area (Å²) in [6.45, 7) is 1.89. The van der Waals surface area contributed by atoms with Crippen LogP contribution in [-0.4, -0.2) is 25.6 Å². The van der Waals surface area contributed by atoms with Crippen molar-refractivity contribution < 1.29 is 23.5 Å². The van der Waals surface area contributed by atoms with Crippen LogP contribution in [0, 0.1) is 5.82 Å². The fourth-order valence-electron chi connectivity index (χ4n) is 2.85. The van der Waals surface area contributed by atoms with Gasteiger partial charge in [0, 0.05) is 27.1 Å². The molecule has 3 rings (SSSR count). The molecule has 0 unspecified atom stereocenters. The van der Waals surface area contributed by atoms with Crippen molar-refractivity contribution in [3.8, 4) is 16.9 Å². The van der Waals surface area contributed by atoms with Crippen LogP contribution in [0.15, 0.2) is 58.4 Å². The third kappa shape index (κ3) is 5.59. The van der Waals surface area contributed by atoms with E-state index in [1.54, 1.807) is 43.7 Å². The summed E-state index contributed by atoms with van der Waals surface area (Å²) in [5.41, 5.74) is 2.17. The Kier molecular flexibility index (Phi) is 7.59. The molecule has 31 heavy (non-hydrogen) atoms. The summed E-state index contributed by atoms with van der Waals surface area (Å²) in [4.78, 5) is 25.1. The van der Waals surface area contributed by atoms with Crippen LogP contribution in [0.3, 0.4) is 0 Å². The van der Waals surface area contributed by atoms with Crippen molar-refractivity contribution in [3.05, 3.63) is 75.3 Å².